The molecule has 1 heterocycles. The van der Waals surface area contributed by atoms with Gasteiger partial charge in [0.25, 0.3) is 0 Å². The van der Waals surface area contributed by atoms with Crippen molar-refractivity contribution in [3.05, 3.63) is 72.3 Å². The Balaban J connectivity index is 1.48. The number of phenols is 1. The van der Waals surface area contributed by atoms with Crippen LogP contribution in [0.4, 0.5) is 4.39 Å². The van der Waals surface area contributed by atoms with E-state index in [9.17, 15) is 9.50 Å². The van der Waals surface area contributed by atoms with Gasteiger partial charge < -0.3 is 9.84 Å². The number of hydrogen-bond donors (Lipinski definition) is 1. The summed E-state index contributed by atoms with van der Waals surface area (Å²) in [7, 11) is 0. The van der Waals surface area contributed by atoms with Gasteiger partial charge in [-0.25, -0.2) is 14.4 Å². The van der Waals surface area contributed by atoms with Crippen LogP contribution in [0.1, 0.15) is 57.9 Å². The highest BCUT2D eigenvalue weighted by Crippen LogP contribution is 2.25. The first kappa shape index (κ1) is 24.6. The zero-order valence-electron chi connectivity index (χ0n) is 19.5. The maximum absolute atomic E-state index is 14.0. The molecular formula is C28H33FN2O2. The van der Waals surface area contributed by atoms with Crippen molar-refractivity contribution in [3.8, 4) is 28.3 Å². The summed E-state index contributed by atoms with van der Waals surface area (Å²) in [5.74, 6) is -0.382. The van der Waals surface area contributed by atoms with E-state index in [4.69, 9.17) is 4.74 Å². The number of phenolic OH excluding ortho intramolecular Hbond substituents is 1. The molecule has 4 nitrogen and oxygen atoms in total. The second-order valence-corrected chi connectivity index (χ2v) is 8.30. The van der Waals surface area contributed by atoms with Crippen LogP contribution in [-0.4, -0.2) is 27.8 Å². The quantitative estimate of drug-likeness (QED) is 0.293. The van der Waals surface area contributed by atoms with Gasteiger partial charge in [0, 0.05) is 30.6 Å². The fraction of sp³-hybridized carbons (Fsp3) is 0.357. The van der Waals surface area contributed by atoms with Gasteiger partial charge in [0.15, 0.2) is 5.82 Å². The van der Waals surface area contributed by atoms with Crippen molar-refractivity contribution in [1.82, 2.24) is 9.97 Å². The van der Waals surface area contributed by atoms with Crippen molar-refractivity contribution in [3.63, 3.8) is 0 Å². The zero-order chi connectivity index (χ0) is 23.5. The Morgan fingerprint density at radius 1 is 1.00 bits per heavy atom. The molecule has 5 heteroatoms. The number of nitrogens with zero attached hydrogens (tertiary/aromatic N) is 2. The first-order chi connectivity index (χ1) is 16.1. The lowest BCUT2D eigenvalue weighted by Gasteiger charge is -2.12. The Labute approximate surface area is 196 Å². The van der Waals surface area contributed by atoms with Crippen LogP contribution in [0.2, 0.25) is 0 Å². The first-order valence-corrected chi connectivity index (χ1v) is 11.8. The van der Waals surface area contributed by atoms with Crippen LogP contribution in [0.15, 0.2) is 60.9 Å². The monoisotopic (exact) mass is 448 g/mol. The van der Waals surface area contributed by atoms with Crippen LogP contribution in [0.25, 0.3) is 28.6 Å². The minimum absolute atomic E-state index is 0.122. The molecular weight excluding hydrogens is 415 g/mol. The second kappa shape index (κ2) is 12.9. The van der Waals surface area contributed by atoms with E-state index in [2.05, 4.69) is 48.1 Å². The van der Waals surface area contributed by atoms with Crippen molar-refractivity contribution >= 4 is 6.08 Å². The number of hydrogen-bond acceptors (Lipinski definition) is 4. The molecule has 1 N–H and O–H groups in total. The molecule has 3 aromatic rings. The summed E-state index contributed by atoms with van der Waals surface area (Å²) in [5.41, 5.74) is 3.27. The van der Waals surface area contributed by atoms with Gasteiger partial charge in [-0.15, -0.1) is 0 Å². The maximum atomic E-state index is 14.0. The highest BCUT2D eigenvalue weighted by Gasteiger charge is 2.09. The second-order valence-electron chi connectivity index (χ2n) is 8.30. The molecule has 0 bridgehead atoms. The lowest BCUT2D eigenvalue weighted by atomic mass is 10.1. The lowest BCUT2D eigenvalue weighted by molar-refractivity contribution is 0.0566. The van der Waals surface area contributed by atoms with E-state index in [0.717, 1.165) is 55.0 Å². The van der Waals surface area contributed by atoms with E-state index in [0.29, 0.717) is 6.10 Å². The van der Waals surface area contributed by atoms with Crippen LogP contribution in [-0.2, 0) is 4.74 Å². The highest BCUT2D eigenvalue weighted by atomic mass is 19.1. The third kappa shape index (κ3) is 7.79. The molecule has 3 rings (SSSR count). The lowest BCUT2D eigenvalue weighted by Crippen LogP contribution is -2.08. The Morgan fingerprint density at radius 2 is 1.76 bits per heavy atom. The minimum Gasteiger partial charge on any atom is -0.508 e. The van der Waals surface area contributed by atoms with Crippen LogP contribution in [0, 0.1) is 5.82 Å². The fourth-order valence-electron chi connectivity index (χ4n) is 3.55. The van der Waals surface area contributed by atoms with E-state index >= 15 is 0 Å². The summed E-state index contributed by atoms with van der Waals surface area (Å²) in [5, 5.41) is 9.35. The SMILES string of the molecule is CCCCCOC(C)CCC/C=C/c1ccc(-c2cnc(-c3ccc(O)cc3F)nc2)cc1. The molecule has 0 saturated carbocycles. The zero-order valence-corrected chi connectivity index (χ0v) is 19.5. The van der Waals surface area contributed by atoms with Gasteiger partial charge in [0.1, 0.15) is 11.6 Å². The van der Waals surface area contributed by atoms with E-state index in [1.807, 2.05) is 12.1 Å². The molecule has 1 aromatic heterocycles. The number of benzene rings is 2. The fourth-order valence-corrected chi connectivity index (χ4v) is 3.55. The topological polar surface area (TPSA) is 55.2 Å². The predicted molar refractivity (Wildman–Crippen MR) is 132 cm³/mol. The maximum Gasteiger partial charge on any atom is 0.162 e. The molecule has 174 valence electrons. The third-order valence-corrected chi connectivity index (χ3v) is 5.53. The number of unbranched alkanes of at least 4 members (excludes halogenated alkanes) is 3. The molecule has 0 radical (unpaired) electrons. The van der Waals surface area contributed by atoms with E-state index in [1.165, 1.54) is 25.0 Å². The van der Waals surface area contributed by atoms with E-state index in [1.54, 1.807) is 12.4 Å². The molecule has 1 unspecified atom stereocenters. The van der Waals surface area contributed by atoms with Crippen LogP contribution in [0.5, 0.6) is 5.75 Å². The predicted octanol–water partition coefficient (Wildman–Crippen LogP) is 7.43. The summed E-state index contributed by atoms with van der Waals surface area (Å²) in [6.07, 6.45) is 14.9. The number of rotatable bonds is 12. The summed E-state index contributed by atoms with van der Waals surface area (Å²) in [6, 6.07) is 12.2. The van der Waals surface area contributed by atoms with Crippen molar-refractivity contribution in [2.75, 3.05) is 6.61 Å². The normalized spacial score (nSPS) is 12.3. The summed E-state index contributed by atoms with van der Waals surface area (Å²) >= 11 is 0. The number of ether oxygens (including phenoxy) is 1. The van der Waals surface area contributed by atoms with Crippen LogP contribution >= 0.6 is 0 Å². The van der Waals surface area contributed by atoms with Gasteiger partial charge in [-0.2, -0.15) is 0 Å². The largest absolute Gasteiger partial charge is 0.508 e. The van der Waals surface area contributed by atoms with Gasteiger partial charge in [-0.1, -0.05) is 56.2 Å². The molecule has 0 amide bonds. The molecule has 1 atom stereocenters. The Hall–Kier alpha value is -3.05. The summed E-state index contributed by atoms with van der Waals surface area (Å²) in [6.45, 7) is 5.24. The van der Waals surface area contributed by atoms with Crippen molar-refractivity contribution in [2.24, 2.45) is 0 Å². The van der Waals surface area contributed by atoms with E-state index < -0.39 is 5.82 Å². The Kier molecular flexibility index (Phi) is 9.58. The van der Waals surface area contributed by atoms with Gasteiger partial charge in [-0.05, 0) is 55.9 Å². The van der Waals surface area contributed by atoms with E-state index in [-0.39, 0.29) is 17.1 Å². The summed E-state index contributed by atoms with van der Waals surface area (Å²) in [4.78, 5) is 8.59. The van der Waals surface area contributed by atoms with Gasteiger partial charge in [0.05, 0.1) is 11.7 Å². The standard InChI is InChI=1S/C28H33FN2O2/c1-3-4-8-17-33-21(2)9-6-5-7-10-22-11-13-23(14-12-22)24-19-30-28(31-20-24)26-16-15-25(32)18-27(26)29/h7,10-16,18-21,32H,3-6,8-9,17H2,1-2H3/b10-7+. The molecule has 0 aliphatic carbocycles. The Bertz CT molecular complexity index is 1020. The van der Waals surface area contributed by atoms with Gasteiger partial charge in [0.2, 0.25) is 0 Å². The molecule has 0 spiro atoms. The molecule has 2 aromatic carbocycles. The Morgan fingerprint density at radius 3 is 2.45 bits per heavy atom. The average Bonchev–Trinajstić information content (AvgIpc) is 2.82. The summed E-state index contributed by atoms with van der Waals surface area (Å²) < 4.78 is 19.9. The molecule has 0 aliphatic heterocycles. The van der Waals surface area contributed by atoms with Crippen LogP contribution in [0.3, 0.4) is 0 Å². The molecule has 0 saturated heterocycles. The van der Waals surface area contributed by atoms with Crippen molar-refractivity contribution in [1.29, 1.82) is 0 Å². The number of aromatic nitrogens is 2. The number of aromatic hydroxyl groups is 1. The van der Waals surface area contributed by atoms with Gasteiger partial charge in [-0.3, -0.25) is 0 Å². The van der Waals surface area contributed by atoms with Crippen molar-refractivity contribution in [2.45, 2.75) is 58.5 Å². The highest BCUT2D eigenvalue weighted by molar-refractivity contribution is 5.66. The molecule has 33 heavy (non-hydrogen) atoms. The van der Waals surface area contributed by atoms with Crippen molar-refractivity contribution < 1.29 is 14.2 Å². The first-order valence-electron chi connectivity index (χ1n) is 11.8. The smallest absolute Gasteiger partial charge is 0.162 e. The third-order valence-electron chi connectivity index (χ3n) is 5.53. The molecule has 0 aliphatic rings. The average molecular weight is 449 g/mol. The van der Waals surface area contributed by atoms with Gasteiger partial charge >= 0.3 is 0 Å². The number of allylic oxidation sites excluding steroid dienone is 1. The molecule has 0 fully saturated rings. The number of halogens is 1. The minimum atomic E-state index is -0.548. The van der Waals surface area contributed by atoms with Crippen LogP contribution < -0.4 is 0 Å².